The highest BCUT2D eigenvalue weighted by Gasteiger charge is 2.08. The van der Waals surface area contributed by atoms with Gasteiger partial charge in [0.05, 0.1) is 6.20 Å². The quantitative estimate of drug-likeness (QED) is 0.786. The molecule has 6 nitrogen and oxygen atoms in total. The molecule has 2 aromatic rings. The molecule has 1 heterocycles. The van der Waals surface area contributed by atoms with Gasteiger partial charge in [0.25, 0.3) is 5.95 Å². The van der Waals surface area contributed by atoms with Crippen molar-refractivity contribution in [3.63, 3.8) is 0 Å². The number of nitrogens with zero attached hydrogens (tertiary/aromatic N) is 5. The highest BCUT2D eigenvalue weighted by Crippen LogP contribution is 2.19. The number of benzene rings is 1. The minimum atomic E-state index is 0.582. The van der Waals surface area contributed by atoms with Crippen LogP contribution in [-0.2, 0) is 0 Å². The minimum Gasteiger partial charge on any atom is -0.369 e. The lowest BCUT2D eigenvalue weighted by Crippen LogP contribution is -2.18. The lowest BCUT2D eigenvalue weighted by Gasteiger charge is -2.17. The van der Waals surface area contributed by atoms with Crippen LogP contribution in [0.5, 0.6) is 0 Å². The van der Waals surface area contributed by atoms with Crippen molar-refractivity contribution in [2.24, 2.45) is 0 Å². The third-order valence-corrected chi connectivity index (χ3v) is 3.08. The largest absolute Gasteiger partial charge is 0.369 e. The molecule has 6 heteroatoms. The predicted octanol–water partition coefficient (Wildman–Crippen LogP) is 2.00. The number of rotatable bonds is 7. The van der Waals surface area contributed by atoms with Gasteiger partial charge in [-0.25, -0.2) is 0 Å². The van der Waals surface area contributed by atoms with Crippen molar-refractivity contribution in [2.45, 2.75) is 6.42 Å². The molecule has 2 rings (SSSR count). The molecule has 21 heavy (non-hydrogen) atoms. The molecular formula is C15H22N6. The van der Waals surface area contributed by atoms with Gasteiger partial charge in [-0.05, 0) is 39.2 Å². The number of anilines is 3. The second kappa shape index (κ2) is 7.54. The van der Waals surface area contributed by atoms with Gasteiger partial charge in [0.15, 0.2) is 5.82 Å². The Balaban J connectivity index is 1.97. The summed E-state index contributed by atoms with van der Waals surface area (Å²) < 4.78 is 0. The maximum atomic E-state index is 4.49. The van der Waals surface area contributed by atoms with E-state index in [2.05, 4.69) is 39.5 Å². The molecule has 0 atom stereocenters. The van der Waals surface area contributed by atoms with Crippen molar-refractivity contribution >= 4 is 17.5 Å². The molecule has 1 aromatic carbocycles. The first-order valence-corrected chi connectivity index (χ1v) is 7.04. The summed E-state index contributed by atoms with van der Waals surface area (Å²) in [5, 5.41) is 11.4. The number of para-hydroxylation sites is 1. The van der Waals surface area contributed by atoms with Gasteiger partial charge in [-0.3, -0.25) is 0 Å². The summed E-state index contributed by atoms with van der Waals surface area (Å²) in [5.74, 6) is 1.33. The van der Waals surface area contributed by atoms with E-state index >= 15 is 0 Å². The molecule has 0 amide bonds. The summed E-state index contributed by atoms with van der Waals surface area (Å²) in [6.45, 7) is 1.91. The van der Waals surface area contributed by atoms with E-state index in [9.17, 15) is 0 Å². The van der Waals surface area contributed by atoms with Crippen molar-refractivity contribution < 1.29 is 0 Å². The molecule has 1 aromatic heterocycles. The second-order valence-corrected chi connectivity index (χ2v) is 5.12. The highest BCUT2D eigenvalue weighted by molar-refractivity contribution is 5.56. The van der Waals surface area contributed by atoms with E-state index < -0.39 is 0 Å². The van der Waals surface area contributed by atoms with Crippen LogP contribution in [0, 0.1) is 0 Å². The first-order chi connectivity index (χ1) is 10.2. The molecular weight excluding hydrogens is 264 g/mol. The monoisotopic (exact) mass is 286 g/mol. The Kier molecular flexibility index (Phi) is 5.45. The van der Waals surface area contributed by atoms with Gasteiger partial charge in [0.2, 0.25) is 0 Å². The van der Waals surface area contributed by atoms with Gasteiger partial charge >= 0.3 is 0 Å². The summed E-state index contributed by atoms with van der Waals surface area (Å²) in [6.07, 6.45) is 2.71. The van der Waals surface area contributed by atoms with Gasteiger partial charge in [-0.1, -0.05) is 18.2 Å². The Hall–Kier alpha value is -2.21. The van der Waals surface area contributed by atoms with E-state index in [1.165, 1.54) is 0 Å². The van der Waals surface area contributed by atoms with Gasteiger partial charge < -0.3 is 15.1 Å². The van der Waals surface area contributed by atoms with Crippen LogP contribution in [0.25, 0.3) is 0 Å². The van der Waals surface area contributed by atoms with Crippen LogP contribution in [0.15, 0.2) is 36.5 Å². The summed E-state index contributed by atoms with van der Waals surface area (Å²) in [6, 6.07) is 9.99. The molecule has 1 N–H and O–H groups in total. The van der Waals surface area contributed by atoms with Crippen LogP contribution < -0.4 is 10.2 Å². The predicted molar refractivity (Wildman–Crippen MR) is 86.0 cm³/mol. The van der Waals surface area contributed by atoms with E-state index in [-0.39, 0.29) is 0 Å². The van der Waals surface area contributed by atoms with Gasteiger partial charge in [-0.2, -0.15) is 10.1 Å². The van der Waals surface area contributed by atoms with Crippen molar-refractivity contribution in [2.75, 3.05) is 44.4 Å². The zero-order valence-corrected chi connectivity index (χ0v) is 12.8. The van der Waals surface area contributed by atoms with Gasteiger partial charge in [0.1, 0.15) is 0 Å². The van der Waals surface area contributed by atoms with Crippen molar-refractivity contribution in [3.05, 3.63) is 36.5 Å². The van der Waals surface area contributed by atoms with Crippen molar-refractivity contribution in [1.29, 1.82) is 0 Å². The van der Waals surface area contributed by atoms with Crippen molar-refractivity contribution in [3.8, 4) is 0 Å². The molecule has 0 saturated heterocycles. The van der Waals surface area contributed by atoms with Crippen molar-refractivity contribution in [1.82, 2.24) is 20.1 Å². The maximum absolute atomic E-state index is 4.49. The Morgan fingerprint density at radius 3 is 2.57 bits per heavy atom. The first kappa shape index (κ1) is 15.2. The molecule has 0 radical (unpaired) electrons. The van der Waals surface area contributed by atoms with Crippen LogP contribution >= 0.6 is 0 Å². The van der Waals surface area contributed by atoms with Crippen LogP contribution in [0.1, 0.15) is 6.42 Å². The zero-order chi connectivity index (χ0) is 15.1. The van der Waals surface area contributed by atoms with E-state index in [1.54, 1.807) is 6.20 Å². The van der Waals surface area contributed by atoms with Crippen LogP contribution in [0.3, 0.4) is 0 Å². The number of hydrogen-bond acceptors (Lipinski definition) is 6. The third kappa shape index (κ3) is 4.68. The van der Waals surface area contributed by atoms with Crippen LogP contribution in [0.4, 0.5) is 17.5 Å². The van der Waals surface area contributed by atoms with Gasteiger partial charge in [0, 0.05) is 19.3 Å². The smallest absolute Gasteiger partial charge is 0.251 e. The van der Waals surface area contributed by atoms with Crippen LogP contribution in [-0.4, -0.2) is 54.3 Å². The average Bonchev–Trinajstić information content (AvgIpc) is 2.52. The Labute approximate surface area is 125 Å². The van der Waals surface area contributed by atoms with E-state index in [1.807, 2.05) is 42.3 Å². The summed E-state index contributed by atoms with van der Waals surface area (Å²) >= 11 is 0. The zero-order valence-electron chi connectivity index (χ0n) is 12.8. The minimum absolute atomic E-state index is 0.582. The molecule has 0 aliphatic rings. The fraction of sp³-hybridized carbons (Fsp3) is 0.400. The van der Waals surface area contributed by atoms with E-state index in [0.717, 1.165) is 31.0 Å². The first-order valence-electron chi connectivity index (χ1n) is 7.04. The lowest BCUT2D eigenvalue weighted by atomic mass is 10.3. The fourth-order valence-electron chi connectivity index (χ4n) is 1.90. The maximum Gasteiger partial charge on any atom is 0.251 e. The molecule has 0 saturated carbocycles. The molecule has 0 unspecified atom stereocenters. The Morgan fingerprint density at radius 2 is 1.86 bits per heavy atom. The molecule has 0 bridgehead atoms. The van der Waals surface area contributed by atoms with E-state index in [0.29, 0.717) is 5.95 Å². The molecule has 0 aliphatic carbocycles. The number of aromatic nitrogens is 3. The number of hydrogen-bond donors (Lipinski definition) is 1. The molecule has 0 aliphatic heterocycles. The molecule has 0 spiro atoms. The second-order valence-electron chi connectivity index (χ2n) is 5.12. The SMILES string of the molecule is CN(C)CCCNc1cnnc(N(C)c2ccccc2)n1. The molecule has 112 valence electrons. The summed E-state index contributed by atoms with van der Waals surface area (Å²) in [7, 11) is 6.07. The van der Waals surface area contributed by atoms with E-state index in [4.69, 9.17) is 0 Å². The number of nitrogens with one attached hydrogen (secondary N) is 1. The summed E-state index contributed by atoms with van der Waals surface area (Å²) in [5.41, 5.74) is 1.03. The topological polar surface area (TPSA) is 57.2 Å². The van der Waals surface area contributed by atoms with Crippen LogP contribution in [0.2, 0.25) is 0 Å². The summed E-state index contributed by atoms with van der Waals surface area (Å²) in [4.78, 5) is 8.57. The Bertz CT molecular complexity index is 543. The lowest BCUT2D eigenvalue weighted by molar-refractivity contribution is 0.405. The average molecular weight is 286 g/mol. The standard InChI is InChI=1S/C15H22N6/c1-20(2)11-7-10-16-14-12-17-19-15(18-14)21(3)13-8-5-4-6-9-13/h4-6,8-9,12H,7,10-11H2,1-3H3,(H,16,18,19). The fourth-order valence-corrected chi connectivity index (χ4v) is 1.90. The molecule has 0 fully saturated rings. The highest BCUT2D eigenvalue weighted by atomic mass is 15.3. The third-order valence-electron chi connectivity index (χ3n) is 3.08. The normalized spacial score (nSPS) is 10.7. The Morgan fingerprint density at radius 1 is 1.10 bits per heavy atom. The van der Waals surface area contributed by atoms with Gasteiger partial charge in [-0.15, -0.1) is 5.10 Å².